The SMILES string of the molecule is COc1ccc2c(C(=O)Nc3nccc(C)n3)cc(=O)oc2c1. The van der Waals surface area contributed by atoms with Crippen LogP contribution < -0.4 is 15.7 Å². The third kappa shape index (κ3) is 3.03. The quantitative estimate of drug-likeness (QED) is 0.745. The summed E-state index contributed by atoms with van der Waals surface area (Å²) in [5.41, 5.74) is 0.551. The van der Waals surface area contributed by atoms with Gasteiger partial charge in [0, 0.05) is 29.4 Å². The van der Waals surface area contributed by atoms with Crippen molar-refractivity contribution in [1.82, 2.24) is 9.97 Å². The van der Waals surface area contributed by atoms with Crippen molar-refractivity contribution in [2.45, 2.75) is 6.92 Å². The molecule has 3 rings (SSSR count). The van der Waals surface area contributed by atoms with Crippen LogP contribution in [0.25, 0.3) is 11.0 Å². The number of methoxy groups -OCH3 is 1. The summed E-state index contributed by atoms with van der Waals surface area (Å²) in [6.45, 7) is 1.79. The molecular formula is C16H13N3O4. The van der Waals surface area contributed by atoms with E-state index in [2.05, 4.69) is 15.3 Å². The minimum atomic E-state index is -0.624. The molecule has 0 saturated heterocycles. The number of anilines is 1. The molecule has 23 heavy (non-hydrogen) atoms. The van der Waals surface area contributed by atoms with E-state index < -0.39 is 11.5 Å². The van der Waals surface area contributed by atoms with Gasteiger partial charge in [0.2, 0.25) is 5.95 Å². The van der Waals surface area contributed by atoms with Gasteiger partial charge in [-0.15, -0.1) is 0 Å². The number of fused-ring (bicyclic) bond motifs is 1. The van der Waals surface area contributed by atoms with E-state index in [-0.39, 0.29) is 17.1 Å². The fraction of sp³-hybridized carbons (Fsp3) is 0.125. The first-order valence-electron chi connectivity index (χ1n) is 6.80. The lowest BCUT2D eigenvalue weighted by atomic mass is 10.1. The van der Waals surface area contributed by atoms with Gasteiger partial charge in [-0.05, 0) is 25.1 Å². The first-order chi connectivity index (χ1) is 11.1. The van der Waals surface area contributed by atoms with Crippen LogP contribution in [0.1, 0.15) is 16.1 Å². The second-order valence-electron chi connectivity index (χ2n) is 4.82. The molecule has 7 heteroatoms. The highest BCUT2D eigenvalue weighted by Crippen LogP contribution is 2.22. The van der Waals surface area contributed by atoms with E-state index in [0.29, 0.717) is 11.1 Å². The molecule has 1 amide bonds. The number of carbonyl (C=O) groups excluding carboxylic acids is 1. The molecule has 7 nitrogen and oxygen atoms in total. The average Bonchev–Trinajstić information content (AvgIpc) is 2.53. The molecule has 3 aromatic rings. The first-order valence-corrected chi connectivity index (χ1v) is 6.80. The van der Waals surface area contributed by atoms with Crippen molar-refractivity contribution >= 4 is 22.8 Å². The number of aromatic nitrogens is 2. The fourth-order valence-corrected chi connectivity index (χ4v) is 2.14. The lowest BCUT2D eigenvalue weighted by molar-refractivity contribution is 0.102. The Morgan fingerprint density at radius 2 is 2.09 bits per heavy atom. The van der Waals surface area contributed by atoms with E-state index in [1.54, 1.807) is 37.4 Å². The van der Waals surface area contributed by atoms with Gasteiger partial charge >= 0.3 is 5.63 Å². The standard InChI is InChI=1S/C16H13N3O4/c1-9-5-6-17-16(18-9)19-15(21)12-8-14(20)23-13-7-10(22-2)3-4-11(12)13/h3-8H,1-2H3,(H,17,18,19,21). The molecule has 1 N–H and O–H groups in total. The number of ether oxygens (including phenoxy) is 1. The highest BCUT2D eigenvalue weighted by atomic mass is 16.5. The Bertz CT molecular complexity index is 949. The van der Waals surface area contributed by atoms with Crippen molar-refractivity contribution in [3.8, 4) is 5.75 Å². The van der Waals surface area contributed by atoms with E-state index in [9.17, 15) is 9.59 Å². The molecule has 116 valence electrons. The third-order valence-corrected chi connectivity index (χ3v) is 3.22. The smallest absolute Gasteiger partial charge is 0.337 e. The van der Waals surface area contributed by atoms with Crippen LogP contribution in [-0.4, -0.2) is 23.0 Å². The number of hydrogen-bond donors (Lipinski definition) is 1. The van der Waals surface area contributed by atoms with Gasteiger partial charge in [0.15, 0.2) is 0 Å². The Balaban J connectivity index is 2.04. The molecule has 0 fully saturated rings. The molecule has 0 unspecified atom stereocenters. The van der Waals surface area contributed by atoms with Crippen molar-refractivity contribution in [1.29, 1.82) is 0 Å². The van der Waals surface area contributed by atoms with Gasteiger partial charge in [-0.1, -0.05) is 0 Å². The Morgan fingerprint density at radius 3 is 2.83 bits per heavy atom. The number of aryl methyl sites for hydroxylation is 1. The van der Waals surface area contributed by atoms with Gasteiger partial charge < -0.3 is 9.15 Å². The van der Waals surface area contributed by atoms with Crippen LogP contribution in [0.3, 0.4) is 0 Å². The summed E-state index contributed by atoms with van der Waals surface area (Å²) in [4.78, 5) is 32.2. The molecule has 0 atom stereocenters. The van der Waals surface area contributed by atoms with E-state index in [4.69, 9.17) is 9.15 Å². The van der Waals surface area contributed by atoms with E-state index >= 15 is 0 Å². The zero-order valence-electron chi connectivity index (χ0n) is 12.5. The van der Waals surface area contributed by atoms with E-state index in [0.717, 1.165) is 11.8 Å². The number of hydrogen-bond acceptors (Lipinski definition) is 6. The predicted octanol–water partition coefficient (Wildman–Crippen LogP) is 2.15. The molecule has 2 heterocycles. The summed E-state index contributed by atoms with van der Waals surface area (Å²) in [6.07, 6.45) is 1.54. The van der Waals surface area contributed by atoms with Crippen LogP contribution in [-0.2, 0) is 0 Å². The summed E-state index contributed by atoms with van der Waals surface area (Å²) in [7, 11) is 1.50. The number of nitrogens with zero attached hydrogens (tertiary/aromatic N) is 2. The van der Waals surface area contributed by atoms with E-state index in [1.165, 1.54) is 7.11 Å². The van der Waals surface area contributed by atoms with Gasteiger partial charge in [0.1, 0.15) is 11.3 Å². The molecule has 0 bridgehead atoms. The molecular weight excluding hydrogens is 298 g/mol. The Morgan fingerprint density at radius 1 is 1.26 bits per heavy atom. The first kappa shape index (κ1) is 14.7. The van der Waals surface area contributed by atoms with Gasteiger partial charge in [-0.2, -0.15) is 0 Å². The number of amides is 1. The zero-order chi connectivity index (χ0) is 16.4. The molecule has 0 aliphatic carbocycles. The molecule has 1 aromatic carbocycles. The normalized spacial score (nSPS) is 10.5. The number of carbonyl (C=O) groups is 1. The number of rotatable bonds is 3. The van der Waals surface area contributed by atoms with Crippen molar-refractivity contribution < 1.29 is 13.9 Å². The lowest BCUT2D eigenvalue weighted by Gasteiger charge is -2.07. The Hall–Kier alpha value is -3.22. The molecule has 2 aromatic heterocycles. The maximum absolute atomic E-state index is 12.4. The summed E-state index contributed by atoms with van der Waals surface area (Å²) in [5.74, 6) is 0.212. The van der Waals surface area contributed by atoms with Crippen molar-refractivity contribution in [3.63, 3.8) is 0 Å². The van der Waals surface area contributed by atoms with Crippen LogP contribution >= 0.6 is 0 Å². The topological polar surface area (TPSA) is 94.3 Å². The lowest BCUT2D eigenvalue weighted by Crippen LogP contribution is -2.17. The van der Waals surface area contributed by atoms with Gasteiger partial charge in [0.25, 0.3) is 5.91 Å². The van der Waals surface area contributed by atoms with Crippen LogP contribution in [0.4, 0.5) is 5.95 Å². The summed E-state index contributed by atoms with van der Waals surface area (Å²) < 4.78 is 10.2. The Labute approximate surface area is 130 Å². The maximum Gasteiger partial charge on any atom is 0.337 e. The molecule has 0 aliphatic rings. The zero-order valence-corrected chi connectivity index (χ0v) is 12.5. The summed E-state index contributed by atoms with van der Waals surface area (Å²) >= 11 is 0. The van der Waals surface area contributed by atoms with Gasteiger partial charge in [-0.25, -0.2) is 14.8 Å². The van der Waals surface area contributed by atoms with Crippen LogP contribution in [0.15, 0.2) is 45.7 Å². The summed E-state index contributed by atoms with van der Waals surface area (Å²) in [5, 5.41) is 3.07. The predicted molar refractivity (Wildman–Crippen MR) is 83.8 cm³/mol. The second kappa shape index (κ2) is 5.88. The minimum Gasteiger partial charge on any atom is -0.497 e. The van der Waals surface area contributed by atoms with Crippen molar-refractivity contribution in [3.05, 3.63) is 58.2 Å². The van der Waals surface area contributed by atoms with Crippen LogP contribution in [0, 0.1) is 6.92 Å². The minimum absolute atomic E-state index is 0.171. The maximum atomic E-state index is 12.4. The molecule has 0 saturated carbocycles. The average molecular weight is 311 g/mol. The monoisotopic (exact) mass is 311 g/mol. The largest absolute Gasteiger partial charge is 0.497 e. The third-order valence-electron chi connectivity index (χ3n) is 3.22. The molecule has 0 radical (unpaired) electrons. The number of nitrogens with one attached hydrogen (secondary N) is 1. The van der Waals surface area contributed by atoms with Crippen LogP contribution in [0.5, 0.6) is 5.75 Å². The highest BCUT2D eigenvalue weighted by molar-refractivity contribution is 6.11. The van der Waals surface area contributed by atoms with Crippen molar-refractivity contribution in [2.24, 2.45) is 0 Å². The second-order valence-corrected chi connectivity index (χ2v) is 4.82. The van der Waals surface area contributed by atoms with Gasteiger partial charge in [-0.3, -0.25) is 10.1 Å². The Kier molecular flexibility index (Phi) is 3.76. The molecule has 0 spiro atoms. The molecule has 0 aliphatic heterocycles. The van der Waals surface area contributed by atoms with Crippen LogP contribution in [0.2, 0.25) is 0 Å². The van der Waals surface area contributed by atoms with Crippen molar-refractivity contribution in [2.75, 3.05) is 12.4 Å². The number of benzene rings is 1. The summed E-state index contributed by atoms with van der Waals surface area (Å²) in [6, 6.07) is 7.75. The fourth-order valence-electron chi connectivity index (χ4n) is 2.14. The highest BCUT2D eigenvalue weighted by Gasteiger charge is 2.15. The van der Waals surface area contributed by atoms with Gasteiger partial charge in [0.05, 0.1) is 12.7 Å². The van der Waals surface area contributed by atoms with E-state index in [1.807, 2.05) is 0 Å².